The highest BCUT2D eigenvalue weighted by atomic mass is 16.3. The first-order chi connectivity index (χ1) is 8.58. The number of carbonyl (C=O) groups is 1. The number of rotatable bonds is 2. The van der Waals surface area contributed by atoms with E-state index < -0.39 is 0 Å². The van der Waals surface area contributed by atoms with Gasteiger partial charge in [-0.05, 0) is 51.9 Å². The van der Waals surface area contributed by atoms with E-state index in [1.165, 1.54) is 6.42 Å². The first kappa shape index (κ1) is 13.8. The van der Waals surface area contributed by atoms with Crippen LogP contribution in [0.25, 0.3) is 0 Å². The third-order valence-electron chi connectivity index (χ3n) is 4.45. The van der Waals surface area contributed by atoms with Gasteiger partial charge in [-0.2, -0.15) is 0 Å². The Bertz CT molecular complexity index is 286. The summed E-state index contributed by atoms with van der Waals surface area (Å²) in [5.74, 6) is 0.637. The molecule has 0 aliphatic carbocycles. The number of hydrogen-bond acceptors (Lipinski definition) is 3. The number of carbonyl (C=O) groups excluding carboxylic acids is 1. The Morgan fingerprint density at radius 1 is 1.28 bits per heavy atom. The van der Waals surface area contributed by atoms with Gasteiger partial charge in [0.05, 0.1) is 12.1 Å². The molecule has 2 aliphatic heterocycles. The summed E-state index contributed by atoms with van der Waals surface area (Å²) >= 11 is 0. The monoisotopic (exact) mass is 254 g/mol. The van der Waals surface area contributed by atoms with Crippen molar-refractivity contribution in [2.75, 3.05) is 13.1 Å². The fraction of sp³-hybridized carbons (Fsp3) is 0.929. The van der Waals surface area contributed by atoms with Gasteiger partial charge in [-0.15, -0.1) is 0 Å². The lowest BCUT2D eigenvalue weighted by Crippen LogP contribution is -2.53. The van der Waals surface area contributed by atoms with E-state index in [0.717, 1.165) is 38.8 Å². The number of hydrogen-bond donors (Lipinski definition) is 2. The molecule has 104 valence electrons. The highest BCUT2D eigenvalue weighted by molar-refractivity contribution is 5.82. The summed E-state index contributed by atoms with van der Waals surface area (Å²) in [6, 6.07) is 0.486. The van der Waals surface area contributed by atoms with Crippen LogP contribution in [0.3, 0.4) is 0 Å². The summed E-state index contributed by atoms with van der Waals surface area (Å²) in [6.07, 6.45) is 4.93. The van der Waals surface area contributed by atoms with Gasteiger partial charge in [0.15, 0.2) is 0 Å². The van der Waals surface area contributed by atoms with Gasteiger partial charge in [0, 0.05) is 19.1 Å². The molecule has 0 aromatic rings. The second-order valence-corrected chi connectivity index (χ2v) is 5.95. The molecule has 2 heterocycles. The van der Waals surface area contributed by atoms with Crippen molar-refractivity contribution in [1.82, 2.24) is 10.2 Å². The number of aliphatic hydroxyl groups is 1. The summed E-state index contributed by atoms with van der Waals surface area (Å²) in [5.41, 5.74) is 0. The van der Waals surface area contributed by atoms with Crippen LogP contribution >= 0.6 is 0 Å². The largest absolute Gasteiger partial charge is 0.393 e. The minimum Gasteiger partial charge on any atom is -0.393 e. The van der Waals surface area contributed by atoms with Crippen LogP contribution in [0, 0.1) is 5.92 Å². The van der Waals surface area contributed by atoms with E-state index in [1.807, 2.05) is 11.8 Å². The van der Waals surface area contributed by atoms with Gasteiger partial charge in [0.25, 0.3) is 0 Å². The number of amides is 1. The molecule has 4 nitrogen and oxygen atoms in total. The van der Waals surface area contributed by atoms with Crippen molar-refractivity contribution in [2.24, 2.45) is 5.92 Å². The van der Waals surface area contributed by atoms with Crippen molar-refractivity contribution in [3.63, 3.8) is 0 Å². The fourth-order valence-corrected chi connectivity index (χ4v) is 3.16. The maximum Gasteiger partial charge on any atom is 0.239 e. The van der Waals surface area contributed by atoms with Crippen LogP contribution in [0.5, 0.6) is 0 Å². The topological polar surface area (TPSA) is 52.6 Å². The van der Waals surface area contributed by atoms with Crippen LogP contribution in [0.4, 0.5) is 0 Å². The molecule has 0 spiro atoms. The van der Waals surface area contributed by atoms with Crippen LogP contribution in [-0.2, 0) is 4.79 Å². The van der Waals surface area contributed by atoms with Gasteiger partial charge in [-0.1, -0.05) is 0 Å². The van der Waals surface area contributed by atoms with E-state index in [1.54, 1.807) is 0 Å². The normalized spacial score (nSPS) is 32.3. The van der Waals surface area contributed by atoms with Gasteiger partial charge in [-0.3, -0.25) is 4.79 Å². The second-order valence-electron chi connectivity index (χ2n) is 5.95. The Morgan fingerprint density at radius 2 is 1.94 bits per heavy atom. The van der Waals surface area contributed by atoms with E-state index in [4.69, 9.17) is 0 Å². The Morgan fingerprint density at radius 3 is 2.50 bits per heavy atom. The molecule has 1 amide bonds. The zero-order chi connectivity index (χ0) is 13.1. The van der Waals surface area contributed by atoms with E-state index >= 15 is 0 Å². The predicted molar refractivity (Wildman–Crippen MR) is 71.2 cm³/mol. The van der Waals surface area contributed by atoms with Gasteiger partial charge in [0.1, 0.15) is 0 Å². The molecule has 2 N–H and O–H groups in total. The van der Waals surface area contributed by atoms with Gasteiger partial charge < -0.3 is 15.3 Å². The molecular formula is C14H26N2O2. The molecule has 18 heavy (non-hydrogen) atoms. The summed E-state index contributed by atoms with van der Waals surface area (Å²) < 4.78 is 0. The minimum absolute atomic E-state index is 0.0249. The zero-order valence-corrected chi connectivity index (χ0v) is 11.6. The smallest absolute Gasteiger partial charge is 0.239 e. The molecule has 2 fully saturated rings. The standard InChI is InChI=1S/C14H26N2O2/c1-10-4-3-5-13(15-10)14(18)16-8-6-12(7-9-16)11(2)17/h10-13,15,17H,3-9H2,1-2H3. The zero-order valence-electron chi connectivity index (χ0n) is 11.6. The summed E-state index contributed by atoms with van der Waals surface area (Å²) in [6.45, 7) is 5.62. The lowest BCUT2D eigenvalue weighted by molar-refractivity contribution is -0.136. The average molecular weight is 254 g/mol. The Hall–Kier alpha value is -0.610. The van der Waals surface area contributed by atoms with Gasteiger partial charge in [0.2, 0.25) is 5.91 Å². The Kier molecular flexibility index (Phi) is 4.62. The molecular weight excluding hydrogens is 228 g/mol. The summed E-state index contributed by atoms with van der Waals surface area (Å²) in [5, 5.41) is 13.0. The molecule has 2 aliphatic rings. The third-order valence-corrected chi connectivity index (χ3v) is 4.45. The SMILES string of the molecule is CC1CCCC(C(=O)N2CCC(C(C)O)CC2)N1. The van der Waals surface area contributed by atoms with Crippen LogP contribution in [0.2, 0.25) is 0 Å². The van der Waals surface area contributed by atoms with Crippen LogP contribution in [-0.4, -0.2) is 47.2 Å². The predicted octanol–water partition coefficient (Wildman–Crippen LogP) is 1.14. The Balaban J connectivity index is 1.83. The fourth-order valence-electron chi connectivity index (χ4n) is 3.16. The lowest BCUT2D eigenvalue weighted by atomic mass is 9.91. The first-order valence-corrected chi connectivity index (χ1v) is 7.31. The van der Waals surface area contributed by atoms with Crippen molar-refractivity contribution in [2.45, 2.75) is 64.1 Å². The Labute approximate surface area is 110 Å². The van der Waals surface area contributed by atoms with Gasteiger partial charge >= 0.3 is 0 Å². The minimum atomic E-state index is -0.241. The maximum atomic E-state index is 12.4. The van der Waals surface area contributed by atoms with E-state index in [-0.39, 0.29) is 18.1 Å². The number of piperidine rings is 2. The molecule has 3 unspecified atom stereocenters. The van der Waals surface area contributed by atoms with Crippen molar-refractivity contribution in [3.8, 4) is 0 Å². The van der Waals surface area contributed by atoms with Crippen molar-refractivity contribution in [3.05, 3.63) is 0 Å². The molecule has 2 saturated heterocycles. The number of likely N-dealkylation sites (tertiary alicyclic amines) is 1. The molecule has 0 aromatic heterocycles. The summed E-state index contributed by atoms with van der Waals surface area (Å²) in [4.78, 5) is 14.4. The average Bonchev–Trinajstić information content (AvgIpc) is 2.38. The molecule has 2 rings (SSSR count). The molecule has 0 aromatic carbocycles. The van der Waals surface area contributed by atoms with E-state index in [9.17, 15) is 9.90 Å². The number of aliphatic hydroxyl groups excluding tert-OH is 1. The van der Waals surface area contributed by atoms with Crippen molar-refractivity contribution >= 4 is 5.91 Å². The first-order valence-electron chi connectivity index (χ1n) is 7.31. The second kappa shape index (κ2) is 6.02. The number of nitrogens with zero attached hydrogens (tertiary/aromatic N) is 1. The quantitative estimate of drug-likeness (QED) is 0.777. The molecule has 3 atom stereocenters. The third kappa shape index (κ3) is 3.23. The summed E-state index contributed by atoms with van der Waals surface area (Å²) in [7, 11) is 0. The van der Waals surface area contributed by atoms with Gasteiger partial charge in [-0.25, -0.2) is 0 Å². The highest BCUT2D eigenvalue weighted by Gasteiger charge is 2.31. The molecule has 0 radical (unpaired) electrons. The van der Waals surface area contributed by atoms with Crippen LogP contribution < -0.4 is 5.32 Å². The molecule has 0 bridgehead atoms. The lowest BCUT2D eigenvalue weighted by Gasteiger charge is -2.37. The van der Waals surface area contributed by atoms with Crippen molar-refractivity contribution < 1.29 is 9.90 Å². The van der Waals surface area contributed by atoms with E-state index in [2.05, 4.69) is 12.2 Å². The highest BCUT2D eigenvalue weighted by Crippen LogP contribution is 2.22. The van der Waals surface area contributed by atoms with Crippen LogP contribution in [0.1, 0.15) is 46.0 Å². The van der Waals surface area contributed by atoms with Crippen molar-refractivity contribution in [1.29, 1.82) is 0 Å². The number of nitrogens with one attached hydrogen (secondary N) is 1. The maximum absolute atomic E-state index is 12.4. The molecule has 0 saturated carbocycles. The van der Waals surface area contributed by atoms with Crippen LogP contribution in [0.15, 0.2) is 0 Å². The van der Waals surface area contributed by atoms with E-state index in [0.29, 0.717) is 12.0 Å². The molecule has 4 heteroatoms.